The van der Waals surface area contributed by atoms with E-state index in [1.54, 1.807) is 4.90 Å². The molecular weight excluding hydrogens is 344 g/mol. The van der Waals surface area contributed by atoms with Crippen LogP contribution in [0.1, 0.15) is 57.9 Å². The molecule has 6 nitrogen and oxygen atoms in total. The van der Waals surface area contributed by atoms with Crippen LogP contribution in [0.2, 0.25) is 0 Å². The number of likely N-dealkylation sites (tertiary alicyclic amines) is 1. The summed E-state index contributed by atoms with van der Waals surface area (Å²) < 4.78 is 10.1. The van der Waals surface area contributed by atoms with Crippen LogP contribution in [0.4, 0.5) is 10.5 Å². The molecule has 1 amide bonds. The number of amides is 1. The van der Waals surface area contributed by atoms with Gasteiger partial charge in [-0.25, -0.2) is 4.79 Å². The highest BCUT2D eigenvalue weighted by molar-refractivity contribution is 5.69. The molecule has 2 rings (SSSR count). The summed E-state index contributed by atoms with van der Waals surface area (Å²) in [6, 6.07) is 8.29. The molecule has 1 saturated heterocycles. The van der Waals surface area contributed by atoms with E-state index in [1.165, 1.54) is 12.7 Å². The first-order valence-electron chi connectivity index (χ1n) is 9.67. The number of benzene rings is 1. The van der Waals surface area contributed by atoms with Crippen molar-refractivity contribution >= 4 is 17.7 Å². The van der Waals surface area contributed by atoms with E-state index in [0.29, 0.717) is 25.4 Å². The fourth-order valence-corrected chi connectivity index (χ4v) is 3.27. The normalized spacial score (nSPS) is 15.3. The fraction of sp³-hybridized carbons (Fsp3) is 0.619. The molecule has 1 fully saturated rings. The van der Waals surface area contributed by atoms with Crippen molar-refractivity contribution in [2.75, 3.05) is 32.1 Å². The quantitative estimate of drug-likeness (QED) is 0.596. The van der Waals surface area contributed by atoms with Gasteiger partial charge in [-0.3, -0.25) is 4.79 Å². The van der Waals surface area contributed by atoms with Crippen molar-refractivity contribution in [3.8, 4) is 0 Å². The molecule has 0 unspecified atom stereocenters. The van der Waals surface area contributed by atoms with Crippen LogP contribution in [0.5, 0.6) is 0 Å². The Morgan fingerprint density at radius 3 is 2.48 bits per heavy atom. The van der Waals surface area contributed by atoms with Gasteiger partial charge in [0.15, 0.2) is 0 Å². The van der Waals surface area contributed by atoms with Gasteiger partial charge in [-0.15, -0.1) is 0 Å². The predicted molar refractivity (Wildman–Crippen MR) is 106 cm³/mol. The van der Waals surface area contributed by atoms with Crippen molar-refractivity contribution in [3.63, 3.8) is 0 Å². The van der Waals surface area contributed by atoms with Crippen LogP contribution in [0.15, 0.2) is 24.3 Å². The number of hydrogen-bond acceptors (Lipinski definition) is 5. The zero-order valence-electron chi connectivity index (χ0n) is 16.9. The van der Waals surface area contributed by atoms with Crippen molar-refractivity contribution in [1.82, 2.24) is 4.90 Å². The Hall–Kier alpha value is -2.24. The van der Waals surface area contributed by atoms with Gasteiger partial charge in [0.2, 0.25) is 0 Å². The molecule has 0 spiro atoms. The summed E-state index contributed by atoms with van der Waals surface area (Å²) in [6.45, 7) is 7.80. The number of methoxy groups -OCH3 is 1. The predicted octanol–water partition coefficient (Wildman–Crippen LogP) is 4.17. The number of rotatable bonds is 6. The van der Waals surface area contributed by atoms with Crippen molar-refractivity contribution in [2.45, 2.75) is 58.0 Å². The molecule has 0 aromatic heterocycles. The van der Waals surface area contributed by atoms with E-state index in [2.05, 4.69) is 28.3 Å². The van der Waals surface area contributed by atoms with E-state index >= 15 is 0 Å². The van der Waals surface area contributed by atoms with Crippen LogP contribution in [-0.2, 0) is 14.3 Å². The molecule has 27 heavy (non-hydrogen) atoms. The third-order valence-electron chi connectivity index (χ3n) is 4.65. The number of ether oxygens (including phenoxy) is 2. The Morgan fingerprint density at radius 1 is 1.19 bits per heavy atom. The minimum atomic E-state index is -0.464. The minimum absolute atomic E-state index is 0.181. The maximum atomic E-state index is 12.2. The first-order chi connectivity index (χ1) is 12.8. The van der Waals surface area contributed by atoms with E-state index < -0.39 is 5.60 Å². The summed E-state index contributed by atoms with van der Waals surface area (Å²) in [5.74, 6) is 0.229. The monoisotopic (exact) mass is 376 g/mol. The lowest BCUT2D eigenvalue weighted by Crippen LogP contribution is -2.41. The van der Waals surface area contributed by atoms with E-state index in [1.807, 2.05) is 26.8 Å². The highest BCUT2D eigenvalue weighted by atomic mass is 16.6. The van der Waals surface area contributed by atoms with Crippen LogP contribution in [-0.4, -0.2) is 49.3 Å². The van der Waals surface area contributed by atoms with Crippen molar-refractivity contribution in [3.05, 3.63) is 29.8 Å². The number of carbonyl (C=O) groups excluding carboxylic acids is 2. The number of anilines is 1. The van der Waals surface area contributed by atoms with Gasteiger partial charge in [0.05, 0.1) is 7.11 Å². The SMILES string of the molecule is COC(=O)CCCNc1ccccc1C1CCN(C(=O)OC(C)(C)C)CC1. The number of nitrogens with one attached hydrogen (secondary N) is 1. The second-order valence-electron chi connectivity index (χ2n) is 7.94. The third-order valence-corrected chi connectivity index (χ3v) is 4.65. The van der Waals surface area contributed by atoms with Crippen molar-refractivity contribution in [2.24, 2.45) is 0 Å². The molecule has 1 aromatic rings. The Bertz CT molecular complexity index is 631. The molecule has 150 valence electrons. The molecule has 0 aliphatic carbocycles. The maximum Gasteiger partial charge on any atom is 0.410 e. The van der Waals surface area contributed by atoms with E-state index in [-0.39, 0.29) is 12.1 Å². The molecule has 0 atom stereocenters. The first kappa shape index (κ1) is 21.1. The summed E-state index contributed by atoms with van der Waals surface area (Å²) in [7, 11) is 1.41. The molecule has 6 heteroatoms. The number of esters is 1. The van der Waals surface area contributed by atoms with Crippen LogP contribution < -0.4 is 5.32 Å². The Balaban J connectivity index is 1.88. The Morgan fingerprint density at radius 2 is 1.85 bits per heavy atom. The first-order valence-corrected chi connectivity index (χ1v) is 9.67. The molecule has 1 aliphatic heterocycles. The fourth-order valence-electron chi connectivity index (χ4n) is 3.27. The zero-order chi connectivity index (χ0) is 19.9. The molecule has 0 bridgehead atoms. The molecular formula is C21H32N2O4. The minimum Gasteiger partial charge on any atom is -0.469 e. The van der Waals surface area contributed by atoms with Gasteiger partial charge in [0.1, 0.15) is 5.60 Å². The van der Waals surface area contributed by atoms with Gasteiger partial charge in [-0.05, 0) is 57.6 Å². The number of nitrogens with zero attached hydrogens (tertiary/aromatic N) is 1. The summed E-state index contributed by atoms with van der Waals surface area (Å²) >= 11 is 0. The molecule has 1 heterocycles. The average Bonchev–Trinajstić information content (AvgIpc) is 2.64. The molecule has 0 radical (unpaired) electrons. The van der Waals surface area contributed by atoms with Gasteiger partial charge in [-0.2, -0.15) is 0 Å². The second kappa shape index (κ2) is 9.62. The van der Waals surface area contributed by atoms with Crippen LogP contribution >= 0.6 is 0 Å². The highest BCUT2D eigenvalue weighted by Crippen LogP contribution is 2.33. The average molecular weight is 376 g/mol. The van der Waals surface area contributed by atoms with Crippen molar-refractivity contribution < 1.29 is 19.1 Å². The van der Waals surface area contributed by atoms with Crippen LogP contribution in [0.3, 0.4) is 0 Å². The third kappa shape index (κ3) is 6.77. The lowest BCUT2D eigenvalue weighted by Gasteiger charge is -2.34. The molecule has 1 aromatic carbocycles. The molecule has 1 N–H and O–H groups in total. The van der Waals surface area contributed by atoms with Gasteiger partial charge in [0, 0.05) is 31.7 Å². The number of carbonyl (C=O) groups is 2. The van der Waals surface area contributed by atoms with Gasteiger partial charge < -0.3 is 19.7 Å². The smallest absolute Gasteiger partial charge is 0.410 e. The summed E-state index contributed by atoms with van der Waals surface area (Å²) in [4.78, 5) is 25.2. The van der Waals surface area contributed by atoms with Gasteiger partial charge >= 0.3 is 12.1 Å². The maximum absolute atomic E-state index is 12.2. The van der Waals surface area contributed by atoms with E-state index in [9.17, 15) is 9.59 Å². The number of hydrogen-bond donors (Lipinski definition) is 1. The topological polar surface area (TPSA) is 67.9 Å². The van der Waals surface area contributed by atoms with Gasteiger partial charge in [-0.1, -0.05) is 18.2 Å². The molecule has 0 saturated carbocycles. The lowest BCUT2D eigenvalue weighted by atomic mass is 9.88. The van der Waals surface area contributed by atoms with Crippen molar-refractivity contribution in [1.29, 1.82) is 0 Å². The molecule has 1 aliphatic rings. The number of piperidine rings is 1. The summed E-state index contributed by atoms with van der Waals surface area (Å²) in [5, 5.41) is 3.44. The Labute approximate surface area is 162 Å². The second-order valence-corrected chi connectivity index (χ2v) is 7.94. The van der Waals surface area contributed by atoms with E-state index in [4.69, 9.17) is 4.74 Å². The largest absolute Gasteiger partial charge is 0.469 e. The lowest BCUT2D eigenvalue weighted by molar-refractivity contribution is -0.140. The Kier molecular flexibility index (Phi) is 7.51. The van der Waals surface area contributed by atoms with Crippen LogP contribution in [0.25, 0.3) is 0 Å². The zero-order valence-corrected chi connectivity index (χ0v) is 16.9. The summed E-state index contributed by atoms with van der Waals surface area (Å²) in [5.41, 5.74) is 1.92. The van der Waals surface area contributed by atoms with Crippen LogP contribution in [0, 0.1) is 0 Å². The van der Waals surface area contributed by atoms with Gasteiger partial charge in [0.25, 0.3) is 0 Å². The standard InChI is InChI=1S/C21H32N2O4/c1-21(2,3)27-20(25)23-14-11-16(12-15-23)17-8-5-6-9-18(17)22-13-7-10-19(24)26-4/h5-6,8-9,16,22H,7,10-15H2,1-4H3. The highest BCUT2D eigenvalue weighted by Gasteiger charge is 2.28. The van der Waals surface area contributed by atoms with E-state index in [0.717, 1.165) is 31.5 Å². The number of para-hydroxylation sites is 1. The summed E-state index contributed by atoms with van der Waals surface area (Å²) in [6.07, 6.45) is 2.76.